The summed E-state index contributed by atoms with van der Waals surface area (Å²) in [7, 11) is 2.85. The zero-order chi connectivity index (χ0) is 15.5. The Morgan fingerprint density at radius 3 is 2.48 bits per heavy atom. The number of benzene rings is 1. The fourth-order valence-electron chi connectivity index (χ4n) is 1.73. The van der Waals surface area contributed by atoms with E-state index in [4.69, 9.17) is 14.2 Å². The van der Waals surface area contributed by atoms with E-state index >= 15 is 0 Å². The van der Waals surface area contributed by atoms with E-state index in [0.717, 1.165) is 5.56 Å². The number of hydrogen-bond donors (Lipinski definition) is 1. The highest BCUT2D eigenvalue weighted by molar-refractivity contribution is 5.85. The van der Waals surface area contributed by atoms with Crippen LogP contribution in [0.25, 0.3) is 0 Å². The molecule has 21 heavy (non-hydrogen) atoms. The molecule has 1 aromatic rings. The Morgan fingerprint density at radius 1 is 1.14 bits per heavy atom. The molecule has 0 aliphatic rings. The molecule has 0 aromatic heterocycles. The Labute approximate surface area is 124 Å². The lowest BCUT2D eigenvalue weighted by Gasteiger charge is -2.16. The third-order valence-electron chi connectivity index (χ3n) is 2.77. The third-order valence-corrected chi connectivity index (χ3v) is 2.77. The average Bonchev–Trinajstić information content (AvgIpc) is 2.51. The Kier molecular flexibility index (Phi) is 8.08. The molecule has 1 aromatic carbocycles. The minimum atomic E-state index is -0.726. The van der Waals surface area contributed by atoms with Crippen LogP contribution >= 0.6 is 0 Å². The van der Waals surface area contributed by atoms with E-state index in [0.29, 0.717) is 19.6 Å². The summed E-state index contributed by atoms with van der Waals surface area (Å²) in [5.74, 6) is -0.846. The zero-order valence-electron chi connectivity index (χ0n) is 12.3. The van der Waals surface area contributed by atoms with E-state index in [-0.39, 0.29) is 12.5 Å². The molecule has 0 aliphatic carbocycles. The van der Waals surface area contributed by atoms with Gasteiger partial charge in [0, 0.05) is 13.5 Å². The SMILES string of the molecule is COCCOCC(=O)NC(Cc1ccccc1)C(=O)OC. The fraction of sp³-hybridized carbons (Fsp3) is 0.467. The van der Waals surface area contributed by atoms with E-state index in [2.05, 4.69) is 5.32 Å². The fourth-order valence-corrected chi connectivity index (χ4v) is 1.73. The summed E-state index contributed by atoms with van der Waals surface area (Å²) in [5, 5.41) is 2.61. The minimum absolute atomic E-state index is 0.119. The maximum Gasteiger partial charge on any atom is 0.328 e. The second-order valence-electron chi connectivity index (χ2n) is 4.38. The van der Waals surface area contributed by atoms with Crippen LogP contribution in [0, 0.1) is 0 Å². The first-order valence-electron chi connectivity index (χ1n) is 6.65. The van der Waals surface area contributed by atoms with Crippen LogP contribution in [0.3, 0.4) is 0 Å². The molecule has 0 aliphatic heterocycles. The molecule has 1 atom stereocenters. The van der Waals surface area contributed by atoms with Gasteiger partial charge in [-0.3, -0.25) is 4.79 Å². The number of amides is 1. The van der Waals surface area contributed by atoms with Gasteiger partial charge in [-0.25, -0.2) is 4.79 Å². The number of carbonyl (C=O) groups excluding carboxylic acids is 2. The van der Waals surface area contributed by atoms with Crippen molar-refractivity contribution >= 4 is 11.9 Å². The van der Waals surface area contributed by atoms with Gasteiger partial charge < -0.3 is 19.5 Å². The van der Waals surface area contributed by atoms with Crippen LogP contribution in [-0.4, -0.2) is 52.0 Å². The van der Waals surface area contributed by atoms with E-state index in [1.165, 1.54) is 7.11 Å². The second-order valence-corrected chi connectivity index (χ2v) is 4.38. The van der Waals surface area contributed by atoms with Gasteiger partial charge in [0.15, 0.2) is 0 Å². The van der Waals surface area contributed by atoms with Crippen molar-refractivity contribution in [2.24, 2.45) is 0 Å². The van der Waals surface area contributed by atoms with Crippen molar-refractivity contribution in [3.05, 3.63) is 35.9 Å². The Hall–Kier alpha value is -1.92. The monoisotopic (exact) mass is 295 g/mol. The van der Waals surface area contributed by atoms with Crippen molar-refractivity contribution in [2.75, 3.05) is 34.0 Å². The summed E-state index contributed by atoms with van der Waals surface area (Å²) in [5.41, 5.74) is 0.938. The summed E-state index contributed by atoms with van der Waals surface area (Å²) in [6.07, 6.45) is 0.372. The molecular formula is C15H21NO5. The molecule has 0 saturated heterocycles. The van der Waals surface area contributed by atoms with Crippen LogP contribution in [0.4, 0.5) is 0 Å². The number of methoxy groups -OCH3 is 2. The number of esters is 1. The molecule has 0 spiro atoms. The average molecular weight is 295 g/mol. The highest BCUT2D eigenvalue weighted by Gasteiger charge is 2.21. The van der Waals surface area contributed by atoms with E-state index < -0.39 is 12.0 Å². The number of hydrogen-bond acceptors (Lipinski definition) is 5. The van der Waals surface area contributed by atoms with Gasteiger partial charge in [0.1, 0.15) is 12.6 Å². The second kappa shape index (κ2) is 9.90. The van der Waals surface area contributed by atoms with Gasteiger partial charge in [0.05, 0.1) is 20.3 Å². The lowest BCUT2D eigenvalue weighted by molar-refractivity contribution is -0.145. The van der Waals surface area contributed by atoms with Gasteiger partial charge in [-0.05, 0) is 5.56 Å². The number of carbonyl (C=O) groups is 2. The first kappa shape index (κ1) is 17.1. The molecule has 0 heterocycles. The molecule has 0 radical (unpaired) electrons. The van der Waals surface area contributed by atoms with Crippen molar-refractivity contribution in [1.29, 1.82) is 0 Å². The topological polar surface area (TPSA) is 73.9 Å². The van der Waals surface area contributed by atoms with Gasteiger partial charge in [0.25, 0.3) is 0 Å². The predicted molar refractivity (Wildman–Crippen MR) is 76.8 cm³/mol. The molecule has 6 nitrogen and oxygen atoms in total. The molecule has 1 N–H and O–H groups in total. The highest BCUT2D eigenvalue weighted by atomic mass is 16.5. The van der Waals surface area contributed by atoms with Gasteiger partial charge in [-0.1, -0.05) is 30.3 Å². The smallest absolute Gasteiger partial charge is 0.328 e. The largest absolute Gasteiger partial charge is 0.467 e. The van der Waals surface area contributed by atoms with Crippen molar-refractivity contribution in [3.8, 4) is 0 Å². The van der Waals surface area contributed by atoms with E-state index in [1.807, 2.05) is 30.3 Å². The van der Waals surface area contributed by atoms with Crippen molar-refractivity contribution in [1.82, 2.24) is 5.32 Å². The van der Waals surface area contributed by atoms with Crippen LogP contribution in [0.5, 0.6) is 0 Å². The lowest BCUT2D eigenvalue weighted by Crippen LogP contribution is -2.44. The summed E-state index contributed by atoms with van der Waals surface area (Å²) < 4.78 is 14.6. The third kappa shape index (κ3) is 6.87. The van der Waals surface area contributed by atoms with Crippen LogP contribution in [0.2, 0.25) is 0 Å². The first-order valence-corrected chi connectivity index (χ1v) is 6.65. The molecule has 0 bridgehead atoms. The molecule has 0 saturated carbocycles. The Bertz CT molecular complexity index is 435. The molecular weight excluding hydrogens is 274 g/mol. The van der Waals surface area contributed by atoms with Crippen LogP contribution in [0.1, 0.15) is 5.56 Å². The summed E-state index contributed by atoms with van der Waals surface area (Å²) in [4.78, 5) is 23.5. The Morgan fingerprint density at radius 2 is 1.86 bits per heavy atom. The minimum Gasteiger partial charge on any atom is -0.467 e. The summed E-state index contributed by atoms with van der Waals surface area (Å²) in [6.45, 7) is 0.620. The Balaban J connectivity index is 2.50. The maximum atomic E-state index is 11.7. The molecule has 1 rings (SSSR count). The molecule has 6 heteroatoms. The van der Waals surface area contributed by atoms with Crippen LogP contribution < -0.4 is 5.32 Å². The number of nitrogens with one attached hydrogen (secondary N) is 1. The van der Waals surface area contributed by atoms with Gasteiger partial charge >= 0.3 is 5.97 Å². The summed E-state index contributed by atoms with van der Waals surface area (Å²) >= 11 is 0. The molecule has 1 amide bonds. The highest BCUT2D eigenvalue weighted by Crippen LogP contribution is 2.04. The van der Waals surface area contributed by atoms with Gasteiger partial charge in [-0.2, -0.15) is 0 Å². The van der Waals surface area contributed by atoms with Crippen molar-refractivity contribution < 1.29 is 23.8 Å². The van der Waals surface area contributed by atoms with Gasteiger partial charge in [-0.15, -0.1) is 0 Å². The standard InChI is InChI=1S/C15H21NO5/c1-19-8-9-21-11-14(17)16-13(15(18)20-2)10-12-6-4-3-5-7-12/h3-7,13H,8-11H2,1-2H3,(H,16,17). The normalized spacial score (nSPS) is 11.7. The molecule has 0 fully saturated rings. The predicted octanol–water partition coefficient (Wildman–Crippen LogP) is 0.550. The van der Waals surface area contributed by atoms with Crippen LogP contribution in [0.15, 0.2) is 30.3 Å². The van der Waals surface area contributed by atoms with Gasteiger partial charge in [0.2, 0.25) is 5.91 Å². The number of rotatable bonds is 9. The first-order chi connectivity index (χ1) is 10.2. The summed E-state index contributed by atoms with van der Waals surface area (Å²) in [6, 6.07) is 8.68. The quantitative estimate of drug-likeness (QED) is 0.532. The zero-order valence-corrected chi connectivity index (χ0v) is 12.3. The number of ether oxygens (including phenoxy) is 3. The maximum absolute atomic E-state index is 11.7. The van der Waals surface area contributed by atoms with E-state index in [9.17, 15) is 9.59 Å². The van der Waals surface area contributed by atoms with Crippen LogP contribution in [-0.2, 0) is 30.2 Å². The van der Waals surface area contributed by atoms with E-state index in [1.54, 1.807) is 7.11 Å². The van der Waals surface area contributed by atoms with Crippen molar-refractivity contribution in [3.63, 3.8) is 0 Å². The van der Waals surface area contributed by atoms with Crippen molar-refractivity contribution in [2.45, 2.75) is 12.5 Å². The molecule has 1 unspecified atom stereocenters. The molecule has 116 valence electrons. The lowest BCUT2D eigenvalue weighted by atomic mass is 10.1.